The Hall–Kier alpha value is -0.580. The van der Waals surface area contributed by atoms with Crippen molar-refractivity contribution in [2.45, 2.75) is 37.9 Å². The van der Waals surface area contributed by atoms with E-state index in [1.54, 1.807) is 47.0 Å². The molecule has 0 saturated carbocycles. The first-order chi connectivity index (χ1) is 15.5. The molecule has 2 aliphatic rings. The maximum atomic E-state index is 12.0. The highest BCUT2D eigenvalue weighted by Crippen LogP contribution is 2.22. The quantitative estimate of drug-likeness (QED) is 0.331. The number of rotatable bonds is 9. The van der Waals surface area contributed by atoms with Crippen LogP contribution in [0.3, 0.4) is 0 Å². The zero-order valence-electron chi connectivity index (χ0n) is 18.7. The van der Waals surface area contributed by atoms with Crippen LogP contribution in [-0.2, 0) is 9.47 Å². The third-order valence-electron chi connectivity index (χ3n) is 4.63. The van der Waals surface area contributed by atoms with Gasteiger partial charge >= 0.3 is 12.2 Å². The molecule has 6 nitrogen and oxygen atoms in total. The first kappa shape index (κ1) is 27.7. The van der Waals surface area contributed by atoms with E-state index in [-0.39, 0.29) is 24.4 Å². The topological polar surface area (TPSA) is 76.7 Å². The smallest absolute Gasteiger partial charge is 0.407 e. The lowest BCUT2D eigenvalue weighted by atomic mass is 10.2. The van der Waals surface area contributed by atoms with Crippen molar-refractivity contribution in [3.8, 4) is 0 Å². The molecule has 0 aromatic heterocycles. The Kier molecular flexibility index (Phi) is 14.6. The van der Waals surface area contributed by atoms with Crippen molar-refractivity contribution in [2.75, 3.05) is 59.1 Å². The van der Waals surface area contributed by atoms with Crippen molar-refractivity contribution in [3.63, 3.8) is 0 Å². The fourth-order valence-corrected chi connectivity index (χ4v) is 7.41. The second kappa shape index (κ2) is 16.9. The fourth-order valence-electron chi connectivity index (χ4n) is 3.03. The van der Waals surface area contributed by atoms with Crippen molar-refractivity contribution in [2.24, 2.45) is 0 Å². The van der Waals surface area contributed by atoms with E-state index < -0.39 is 0 Å². The van der Waals surface area contributed by atoms with Crippen LogP contribution in [0.25, 0.3) is 0 Å². The van der Waals surface area contributed by atoms with Crippen LogP contribution in [0.4, 0.5) is 9.59 Å². The maximum Gasteiger partial charge on any atom is 0.407 e. The van der Waals surface area contributed by atoms with E-state index in [9.17, 15) is 9.59 Å². The standard InChI is InChI=1S/C22H36N2O4S4/c1-17-9-29-13-19(14-30-10-17)27-21(25)23-7-5-3-4-6-8-24-22(26)28-20-15-31-11-18(2)12-32-16-20/h19-20H,1-16H2,(H,23,25)(H,24,26). The van der Waals surface area contributed by atoms with Crippen LogP contribution in [0.1, 0.15) is 25.7 Å². The molecule has 2 rings (SSSR count). The minimum atomic E-state index is -0.324. The van der Waals surface area contributed by atoms with Gasteiger partial charge in [0, 0.05) is 59.1 Å². The van der Waals surface area contributed by atoms with Gasteiger partial charge in [0.2, 0.25) is 0 Å². The zero-order valence-corrected chi connectivity index (χ0v) is 22.0. The molecule has 0 aliphatic carbocycles. The molecule has 32 heavy (non-hydrogen) atoms. The van der Waals surface area contributed by atoms with Gasteiger partial charge in [0.15, 0.2) is 0 Å². The van der Waals surface area contributed by atoms with Crippen LogP contribution in [0.5, 0.6) is 0 Å². The molecule has 2 amide bonds. The number of amides is 2. The van der Waals surface area contributed by atoms with Gasteiger partial charge in [-0.25, -0.2) is 9.59 Å². The van der Waals surface area contributed by atoms with Crippen LogP contribution < -0.4 is 10.6 Å². The van der Waals surface area contributed by atoms with Crippen molar-refractivity contribution in [1.29, 1.82) is 0 Å². The Labute approximate surface area is 209 Å². The molecule has 182 valence electrons. The molecule has 2 saturated heterocycles. The number of carbonyl (C=O) groups excluding carboxylic acids is 2. The minimum absolute atomic E-state index is 0.0389. The van der Waals surface area contributed by atoms with Crippen molar-refractivity contribution in [3.05, 3.63) is 24.3 Å². The number of hydrogen-bond donors (Lipinski definition) is 2. The lowest BCUT2D eigenvalue weighted by molar-refractivity contribution is 0.118. The Morgan fingerprint density at radius 2 is 1.03 bits per heavy atom. The van der Waals surface area contributed by atoms with Gasteiger partial charge in [0.05, 0.1) is 0 Å². The summed E-state index contributed by atoms with van der Waals surface area (Å²) in [5.41, 5.74) is 2.49. The average Bonchev–Trinajstić information content (AvgIpc) is 2.72. The molecular weight excluding hydrogens is 485 g/mol. The molecule has 2 N–H and O–H groups in total. The third kappa shape index (κ3) is 13.2. The summed E-state index contributed by atoms with van der Waals surface area (Å²) in [6.07, 6.45) is 3.06. The van der Waals surface area contributed by atoms with Gasteiger partial charge in [-0.15, -0.1) is 0 Å². The predicted octanol–water partition coefficient (Wildman–Crippen LogP) is 4.81. The number of thioether (sulfide) groups is 4. The van der Waals surface area contributed by atoms with Gasteiger partial charge in [-0.3, -0.25) is 0 Å². The molecule has 10 heteroatoms. The van der Waals surface area contributed by atoms with Gasteiger partial charge in [-0.05, 0) is 12.8 Å². The number of unbranched alkanes of at least 4 members (excludes halogenated alkanes) is 3. The third-order valence-corrected chi connectivity index (χ3v) is 9.51. The summed E-state index contributed by atoms with van der Waals surface area (Å²) in [6, 6.07) is 0. The molecule has 0 atom stereocenters. The van der Waals surface area contributed by atoms with Gasteiger partial charge in [-0.1, -0.05) is 37.1 Å². The Balaban J connectivity index is 1.42. The van der Waals surface area contributed by atoms with Gasteiger partial charge in [0.25, 0.3) is 0 Å². The van der Waals surface area contributed by atoms with Crippen molar-refractivity contribution in [1.82, 2.24) is 10.6 Å². The average molecular weight is 521 g/mol. The SMILES string of the molecule is C=C1CSCC(OC(=O)NCCCCCCNC(=O)OC2CSCC(=C)CSC2)CSC1. The molecule has 0 aromatic rings. The van der Waals surface area contributed by atoms with E-state index in [0.29, 0.717) is 13.1 Å². The molecule has 0 aromatic carbocycles. The second-order valence-electron chi connectivity index (χ2n) is 7.88. The highest BCUT2D eigenvalue weighted by atomic mass is 32.2. The molecule has 2 aliphatic heterocycles. The maximum absolute atomic E-state index is 12.0. The molecule has 2 fully saturated rings. The first-order valence-electron chi connectivity index (χ1n) is 11.1. The summed E-state index contributed by atoms with van der Waals surface area (Å²) >= 11 is 7.11. The molecule has 0 radical (unpaired) electrons. The summed E-state index contributed by atoms with van der Waals surface area (Å²) in [5.74, 6) is 7.05. The van der Waals surface area contributed by atoms with E-state index in [0.717, 1.165) is 71.7 Å². The van der Waals surface area contributed by atoms with Crippen LogP contribution in [0.15, 0.2) is 24.3 Å². The number of nitrogens with one attached hydrogen (secondary N) is 2. The van der Waals surface area contributed by atoms with Crippen LogP contribution in [-0.4, -0.2) is 83.5 Å². The highest BCUT2D eigenvalue weighted by Gasteiger charge is 2.18. The number of hydrogen-bond acceptors (Lipinski definition) is 8. The Bertz CT molecular complexity index is 545. The summed E-state index contributed by atoms with van der Waals surface area (Å²) in [4.78, 5) is 23.9. The zero-order chi connectivity index (χ0) is 23.0. The molecule has 2 heterocycles. The van der Waals surface area contributed by atoms with E-state index in [1.165, 1.54) is 11.1 Å². The second-order valence-corrected chi connectivity index (χ2v) is 12.0. The number of alkyl carbamates (subject to hydrolysis) is 2. The van der Waals surface area contributed by atoms with Gasteiger partial charge in [0.1, 0.15) is 12.2 Å². The lowest BCUT2D eigenvalue weighted by Crippen LogP contribution is -2.33. The summed E-state index contributed by atoms with van der Waals surface area (Å²) < 4.78 is 11.1. The van der Waals surface area contributed by atoms with E-state index in [4.69, 9.17) is 9.47 Å². The number of ether oxygens (including phenoxy) is 2. The molecule has 0 spiro atoms. The first-order valence-corrected chi connectivity index (χ1v) is 15.7. The van der Waals surface area contributed by atoms with E-state index in [2.05, 4.69) is 23.8 Å². The molecular formula is C22H36N2O4S4. The summed E-state index contributed by atoms with van der Waals surface area (Å²) in [5, 5.41) is 5.69. The molecule has 0 unspecified atom stereocenters. The predicted molar refractivity (Wildman–Crippen MR) is 143 cm³/mol. The van der Waals surface area contributed by atoms with Crippen LogP contribution in [0.2, 0.25) is 0 Å². The van der Waals surface area contributed by atoms with Crippen LogP contribution in [0, 0.1) is 0 Å². The van der Waals surface area contributed by atoms with Gasteiger partial charge < -0.3 is 20.1 Å². The van der Waals surface area contributed by atoms with Crippen LogP contribution >= 0.6 is 47.0 Å². The van der Waals surface area contributed by atoms with E-state index in [1.807, 2.05) is 0 Å². The van der Waals surface area contributed by atoms with E-state index >= 15 is 0 Å². The fraction of sp³-hybridized carbons (Fsp3) is 0.727. The lowest BCUT2D eigenvalue weighted by Gasteiger charge is -2.20. The van der Waals surface area contributed by atoms with Crippen molar-refractivity contribution < 1.29 is 19.1 Å². The number of carbonyl (C=O) groups is 2. The van der Waals surface area contributed by atoms with Crippen molar-refractivity contribution >= 4 is 59.2 Å². The van der Waals surface area contributed by atoms with Gasteiger partial charge in [-0.2, -0.15) is 47.0 Å². The summed E-state index contributed by atoms with van der Waals surface area (Å²) in [7, 11) is 0. The minimum Gasteiger partial charge on any atom is -0.444 e. The highest BCUT2D eigenvalue weighted by molar-refractivity contribution is 8.01. The largest absolute Gasteiger partial charge is 0.444 e. The summed E-state index contributed by atoms with van der Waals surface area (Å²) in [6.45, 7) is 9.28. The Morgan fingerprint density at radius 1 is 0.688 bits per heavy atom. The normalized spacial score (nSPS) is 19.2. The Morgan fingerprint density at radius 3 is 1.38 bits per heavy atom. The molecule has 0 bridgehead atoms. The monoisotopic (exact) mass is 520 g/mol.